The van der Waals surface area contributed by atoms with Crippen LogP contribution in [-0.2, 0) is 17.8 Å². The van der Waals surface area contributed by atoms with Crippen LogP contribution in [-0.4, -0.2) is 35.4 Å². The Labute approximate surface area is 164 Å². The molecule has 0 atom stereocenters. The van der Waals surface area contributed by atoms with Crippen LogP contribution >= 0.6 is 0 Å². The Hall–Kier alpha value is -2.67. The molecule has 7 nitrogen and oxygen atoms in total. The van der Waals surface area contributed by atoms with Crippen molar-refractivity contribution in [3.8, 4) is 0 Å². The molecule has 150 valence electrons. The second-order valence-corrected chi connectivity index (χ2v) is 7.56. The molecule has 0 aliphatic carbocycles. The molecule has 0 spiro atoms. The first-order valence-corrected chi connectivity index (χ1v) is 9.69. The number of amides is 1. The minimum absolute atomic E-state index is 0.0386. The third-order valence-corrected chi connectivity index (χ3v) is 5.34. The van der Waals surface area contributed by atoms with Gasteiger partial charge >= 0.3 is 0 Å². The van der Waals surface area contributed by atoms with E-state index < -0.39 is 4.92 Å². The maximum absolute atomic E-state index is 12.2. The molecule has 7 heteroatoms. The first-order chi connectivity index (χ1) is 13.4. The fourth-order valence-corrected chi connectivity index (χ4v) is 3.67. The summed E-state index contributed by atoms with van der Waals surface area (Å²) in [7, 11) is 0. The number of benzene rings is 1. The van der Waals surface area contributed by atoms with Crippen LogP contribution in [0.15, 0.2) is 34.7 Å². The molecule has 3 rings (SSSR count). The summed E-state index contributed by atoms with van der Waals surface area (Å²) in [6.45, 7) is 7.63. The molecule has 0 bridgehead atoms. The average Bonchev–Trinajstić information content (AvgIpc) is 2.98. The van der Waals surface area contributed by atoms with Gasteiger partial charge in [-0.2, -0.15) is 0 Å². The molecular formula is C21H27N3O4. The maximum atomic E-state index is 12.2. The van der Waals surface area contributed by atoms with E-state index in [2.05, 4.69) is 16.3 Å². The Morgan fingerprint density at radius 2 is 1.93 bits per heavy atom. The number of hydrogen-bond donors (Lipinski definition) is 1. The van der Waals surface area contributed by atoms with Gasteiger partial charge in [0.1, 0.15) is 11.5 Å². The number of carbonyl (C=O) groups excluding carboxylic acids is 1. The van der Waals surface area contributed by atoms with Crippen LogP contribution in [0.25, 0.3) is 0 Å². The summed E-state index contributed by atoms with van der Waals surface area (Å²) in [5, 5.41) is 13.7. The quantitative estimate of drug-likeness (QED) is 0.583. The Bertz CT molecular complexity index is 821. The van der Waals surface area contributed by atoms with Gasteiger partial charge in [-0.1, -0.05) is 12.1 Å². The number of likely N-dealkylation sites (tertiary alicyclic amines) is 1. The Morgan fingerprint density at radius 1 is 1.25 bits per heavy atom. The van der Waals surface area contributed by atoms with Crippen LogP contribution in [0.4, 0.5) is 5.69 Å². The number of nitro groups is 1. The third-order valence-electron chi connectivity index (χ3n) is 5.34. The third kappa shape index (κ3) is 5.42. The number of non-ortho nitro benzene ring substituents is 1. The Balaban J connectivity index is 1.38. The molecule has 1 amide bonds. The fraction of sp³-hybridized carbons (Fsp3) is 0.476. The molecule has 28 heavy (non-hydrogen) atoms. The standard InChI is InChI=1S/C21H27N3O4/c1-15-11-19(16(2)28-15)14-23-9-7-18(8-10-23)13-22-21(25)12-17-3-5-20(6-4-17)24(26)27/h3-6,11,18H,7-10,12-14H2,1-2H3,(H,22,25). The van der Waals surface area contributed by atoms with E-state index in [1.165, 1.54) is 17.7 Å². The van der Waals surface area contributed by atoms with E-state index in [1.54, 1.807) is 12.1 Å². The first kappa shape index (κ1) is 20.1. The number of piperidine rings is 1. The minimum atomic E-state index is -0.439. The van der Waals surface area contributed by atoms with Crippen LogP contribution in [0.1, 0.15) is 35.5 Å². The van der Waals surface area contributed by atoms with Crippen LogP contribution in [0.3, 0.4) is 0 Å². The van der Waals surface area contributed by atoms with Crippen molar-refractivity contribution < 1.29 is 14.1 Å². The second kappa shape index (κ2) is 9.01. The second-order valence-electron chi connectivity index (χ2n) is 7.56. The molecule has 1 saturated heterocycles. The predicted octanol–water partition coefficient (Wildman–Crippen LogP) is 3.38. The van der Waals surface area contributed by atoms with Gasteiger partial charge in [-0.15, -0.1) is 0 Å². The first-order valence-electron chi connectivity index (χ1n) is 9.69. The molecular weight excluding hydrogens is 358 g/mol. The van der Waals surface area contributed by atoms with Crippen molar-refractivity contribution >= 4 is 11.6 Å². The minimum Gasteiger partial charge on any atom is -0.466 e. The van der Waals surface area contributed by atoms with Crippen LogP contribution in [0.5, 0.6) is 0 Å². The summed E-state index contributed by atoms with van der Waals surface area (Å²) in [5.41, 5.74) is 2.08. The molecule has 0 saturated carbocycles. The van der Waals surface area contributed by atoms with E-state index in [1.807, 2.05) is 13.8 Å². The van der Waals surface area contributed by atoms with Crippen LogP contribution in [0.2, 0.25) is 0 Å². The Morgan fingerprint density at radius 3 is 2.50 bits per heavy atom. The van der Waals surface area contributed by atoms with E-state index >= 15 is 0 Å². The lowest BCUT2D eigenvalue weighted by molar-refractivity contribution is -0.384. The normalized spacial score (nSPS) is 15.5. The number of nitrogens with one attached hydrogen (secondary N) is 1. The summed E-state index contributed by atoms with van der Waals surface area (Å²) in [6, 6.07) is 8.24. The van der Waals surface area contributed by atoms with Gasteiger partial charge in [-0.05, 0) is 57.3 Å². The predicted molar refractivity (Wildman–Crippen MR) is 106 cm³/mol. The highest BCUT2D eigenvalue weighted by Gasteiger charge is 2.21. The zero-order valence-corrected chi connectivity index (χ0v) is 16.4. The van der Waals surface area contributed by atoms with Gasteiger partial charge in [0.2, 0.25) is 5.91 Å². The van der Waals surface area contributed by atoms with Gasteiger partial charge in [0.05, 0.1) is 11.3 Å². The van der Waals surface area contributed by atoms with Crippen molar-refractivity contribution in [1.29, 1.82) is 0 Å². The smallest absolute Gasteiger partial charge is 0.269 e. The zero-order valence-electron chi connectivity index (χ0n) is 16.4. The van der Waals surface area contributed by atoms with Crippen LogP contribution in [0, 0.1) is 29.9 Å². The van der Waals surface area contributed by atoms with E-state index in [4.69, 9.17) is 4.42 Å². The van der Waals surface area contributed by atoms with Crippen molar-refractivity contribution in [1.82, 2.24) is 10.2 Å². The molecule has 1 aromatic carbocycles. The van der Waals surface area contributed by atoms with Gasteiger partial charge in [-0.25, -0.2) is 0 Å². The molecule has 0 unspecified atom stereocenters. The lowest BCUT2D eigenvalue weighted by Gasteiger charge is -2.31. The number of aryl methyl sites for hydroxylation is 2. The largest absolute Gasteiger partial charge is 0.466 e. The highest BCUT2D eigenvalue weighted by Crippen LogP contribution is 2.21. The highest BCUT2D eigenvalue weighted by atomic mass is 16.6. The topological polar surface area (TPSA) is 88.6 Å². The number of rotatable bonds is 7. The zero-order chi connectivity index (χ0) is 20.1. The monoisotopic (exact) mass is 385 g/mol. The number of nitrogens with zero attached hydrogens (tertiary/aromatic N) is 2. The molecule has 1 fully saturated rings. The average molecular weight is 385 g/mol. The van der Waals surface area contributed by atoms with Gasteiger partial charge in [0, 0.05) is 30.8 Å². The summed E-state index contributed by atoms with van der Waals surface area (Å²) in [6.07, 6.45) is 2.37. The van der Waals surface area contributed by atoms with Gasteiger partial charge in [0.15, 0.2) is 0 Å². The molecule has 1 aromatic heterocycles. The molecule has 1 N–H and O–H groups in total. The number of furan rings is 1. The molecule has 2 heterocycles. The Kier molecular flexibility index (Phi) is 6.46. The summed E-state index contributed by atoms with van der Waals surface area (Å²) < 4.78 is 5.60. The molecule has 2 aromatic rings. The van der Waals surface area contributed by atoms with Crippen molar-refractivity contribution in [3.63, 3.8) is 0 Å². The van der Waals surface area contributed by atoms with Gasteiger partial charge < -0.3 is 9.73 Å². The SMILES string of the molecule is Cc1cc(CN2CCC(CNC(=O)Cc3ccc([N+](=O)[O-])cc3)CC2)c(C)o1. The van der Waals surface area contributed by atoms with Gasteiger partial charge in [0.25, 0.3) is 5.69 Å². The highest BCUT2D eigenvalue weighted by molar-refractivity contribution is 5.78. The van der Waals surface area contributed by atoms with E-state index in [9.17, 15) is 14.9 Å². The van der Waals surface area contributed by atoms with Crippen molar-refractivity contribution in [2.75, 3.05) is 19.6 Å². The van der Waals surface area contributed by atoms with Gasteiger partial charge in [-0.3, -0.25) is 19.8 Å². The lowest BCUT2D eigenvalue weighted by atomic mass is 9.96. The molecule has 0 radical (unpaired) electrons. The summed E-state index contributed by atoms with van der Waals surface area (Å²) >= 11 is 0. The van der Waals surface area contributed by atoms with Crippen molar-refractivity contribution in [2.24, 2.45) is 5.92 Å². The summed E-state index contributed by atoms with van der Waals surface area (Å²) in [4.78, 5) is 24.8. The van der Waals surface area contributed by atoms with E-state index in [0.29, 0.717) is 12.5 Å². The fourth-order valence-electron chi connectivity index (χ4n) is 3.67. The lowest BCUT2D eigenvalue weighted by Crippen LogP contribution is -2.38. The van der Waals surface area contributed by atoms with E-state index in [-0.39, 0.29) is 18.0 Å². The number of nitro benzene ring substituents is 1. The molecule has 1 aliphatic heterocycles. The maximum Gasteiger partial charge on any atom is 0.269 e. The number of carbonyl (C=O) groups is 1. The van der Waals surface area contributed by atoms with E-state index in [0.717, 1.165) is 49.6 Å². The number of hydrogen-bond acceptors (Lipinski definition) is 5. The van der Waals surface area contributed by atoms with Crippen molar-refractivity contribution in [3.05, 3.63) is 63.1 Å². The molecule has 1 aliphatic rings. The van der Waals surface area contributed by atoms with Crippen molar-refractivity contribution in [2.45, 2.75) is 39.7 Å². The summed E-state index contributed by atoms with van der Waals surface area (Å²) in [5.74, 6) is 2.40. The van der Waals surface area contributed by atoms with Crippen LogP contribution < -0.4 is 5.32 Å².